The number of benzene rings is 1. The number of nitrogens with zero attached hydrogens (tertiary/aromatic N) is 3. The van der Waals surface area contributed by atoms with Gasteiger partial charge in [0.2, 0.25) is 0 Å². The smallest absolute Gasteiger partial charge is 0.322 e. The van der Waals surface area contributed by atoms with Gasteiger partial charge in [0.25, 0.3) is 0 Å². The molecule has 8 heteroatoms. The standard InChI is InChI=1S/C18H22N4O3S/c1-14-5-3-4-6-16(14)21-9-11-22(12-10-21)18(23)20-15-7-8-17(19-13-15)26(2,24)25/h3-8,13H,9-12H2,1-2H3,(H,20,23). The van der Waals surface area contributed by atoms with Crippen molar-refractivity contribution in [2.75, 3.05) is 42.7 Å². The Morgan fingerprint density at radius 3 is 2.35 bits per heavy atom. The zero-order valence-electron chi connectivity index (χ0n) is 14.8. The maximum absolute atomic E-state index is 12.4. The number of nitrogens with one attached hydrogen (secondary N) is 1. The van der Waals surface area contributed by atoms with Gasteiger partial charge in [0.05, 0.1) is 11.9 Å². The second kappa shape index (κ2) is 7.33. The highest BCUT2D eigenvalue weighted by Gasteiger charge is 2.22. The van der Waals surface area contributed by atoms with Crippen LogP contribution < -0.4 is 10.2 Å². The molecule has 0 spiro atoms. The Bertz CT molecular complexity index is 889. The lowest BCUT2D eigenvalue weighted by Gasteiger charge is -2.36. The van der Waals surface area contributed by atoms with Crippen LogP contribution in [0.3, 0.4) is 0 Å². The summed E-state index contributed by atoms with van der Waals surface area (Å²) in [5.74, 6) is 0. The molecule has 1 N–H and O–H groups in total. The molecule has 26 heavy (non-hydrogen) atoms. The lowest BCUT2D eigenvalue weighted by molar-refractivity contribution is 0.208. The van der Waals surface area contributed by atoms with Gasteiger partial charge in [0.15, 0.2) is 14.9 Å². The number of rotatable bonds is 3. The van der Waals surface area contributed by atoms with Crippen LogP contribution in [0.25, 0.3) is 0 Å². The van der Waals surface area contributed by atoms with E-state index in [1.165, 1.54) is 23.5 Å². The van der Waals surface area contributed by atoms with Crippen molar-refractivity contribution >= 4 is 27.2 Å². The fourth-order valence-electron chi connectivity index (χ4n) is 2.94. The maximum Gasteiger partial charge on any atom is 0.322 e. The Morgan fingerprint density at radius 2 is 1.77 bits per heavy atom. The van der Waals surface area contributed by atoms with E-state index in [0.29, 0.717) is 18.8 Å². The van der Waals surface area contributed by atoms with Gasteiger partial charge in [0.1, 0.15) is 0 Å². The topological polar surface area (TPSA) is 82.6 Å². The fraction of sp³-hybridized carbons (Fsp3) is 0.333. The predicted octanol–water partition coefficient (Wildman–Crippen LogP) is 2.15. The number of piperazine rings is 1. The lowest BCUT2D eigenvalue weighted by Crippen LogP contribution is -2.50. The molecule has 1 aromatic carbocycles. The van der Waals surface area contributed by atoms with Crippen LogP contribution in [-0.4, -0.2) is 56.8 Å². The zero-order valence-corrected chi connectivity index (χ0v) is 15.7. The summed E-state index contributed by atoms with van der Waals surface area (Å²) < 4.78 is 22.8. The number of carbonyl (C=O) groups excluding carboxylic acids is 1. The van der Waals surface area contributed by atoms with Crippen molar-refractivity contribution < 1.29 is 13.2 Å². The third-order valence-electron chi connectivity index (χ3n) is 4.39. The Morgan fingerprint density at radius 1 is 1.08 bits per heavy atom. The number of aryl methyl sites for hydroxylation is 1. The van der Waals surface area contributed by atoms with Gasteiger partial charge >= 0.3 is 6.03 Å². The molecular weight excluding hydrogens is 352 g/mol. The molecule has 1 aliphatic rings. The van der Waals surface area contributed by atoms with E-state index in [1.807, 2.05) is 12.1 Å². The minimum absolute atomic E-state index is 0.0117. The van der Waals surface area contributed by atoms with Crippen LogP contribution >= 0.6 is 0 Å². The lowest BCUT2D eigenvalue weighted by atomic mass is 10.1. The molecule has 2 heterocycles. The van der Waals surface area contributed by atoms with Gasteiger partial charge in [0, 0.05) is 38.1 Å². The predicted molar refractivity (Wildman–Crippen MR) is 101 cm³/mol. The van der Waals surface area contributed by atoms with E-state index in [9.17, 15) is 13.2 Å². The van der Waals surface area contributed by atoms with Crippen LogP contribution in [0.5, 0.6) is 0 Å². The van der Waals surface area contributed by atoms with E-state index in [-0.39, 0.29) is 11.1 Å². The summed E-state index contributed by atoms with van der Waals surface area (Å²) in [6.07, 6.45) is 2.46. The number of amides is 2. The summed E-state index contributed by atoms with van der Waals surface area (Å²) in [5, 5.41) is 2.76. The molecule has 0 atom stereocenters. The maximum atomic E-state index is 12.4. The molecule has 0 bridgehead atoms. The van der Waals surface area contributed by atoms with Gasteiger partial charge in [-0.2, -0.15) is 0 Å². The highest BCUT2D eigenvalue weighted by Crippen LogP contribution is 2.21. The van der Waals surface area contributed by atoms with Crippen molar-refractivity contribution in [1.29, 1.82) is 0 Å². The molecule has 0 aliphatic carbocycles. The van der Waals surface area contributed by atoms with Crippen LogP contribution in [-0.2, 0) is 9.84 Å². The summed E-state index contributed by atoms with van der Waals surface area (Å²) in [7, 11) is -3.34. The van der Waals surface area contributed by atoms with Gasteiger partial charge in [-0.3, -0.25) is 0 Å². The number of hydrogen-bond acceptors (Lipinski definition) is 5. The van der Waals surface area contributed by atoms with Crippen molar-refractivity contribution in [1.82, 2.24) is 9.88 Å². The van der Waals surface area contributed by atoms with Crippen molar-refractivity contribution in [3.05, 3.63) is 48.2 Å². The molecule has 1 aromatic heterocycles. The van der Waals surface area contributed by atoms with Gasteiger partial charge in [-0.1, -0.05) is 18.2 Å². The molecule has 1 saturated heterocycles. The van der Waals surface area contributed by atoms with Gasteiger partial charge in [-0.05, 0) is 30.7 Å². The molecule has 2 aromatic rings. The monoisotopic (exact) mass is 374 g/mol. The average Bonchev–Trinajstić information content (AvgIpc) is 2.62. The molecule has 0 unspecified atom stereocenters. The van der Waals surface area contributed by atoms with E-state index in [2.05, 4.69) is 34.3 Å². The summed E-state index contributed by atoms with van der Waals surface area (Å²) >= 11 is 0. The first-order valence-corrected chi connectivity index (χ1v) is 10.3. The Labute approximate surface area is 153 Å². The number of anilines is 2. The summed E-state index contributed by atoms with van der Waals surface area (Å²) in [5.41, 5.74) is 2.90. The molecule has 0 saturated carbocycles. The Balaban J connectivity index is 1.58. The van der Waals surface area contributed by atoms with Crippen LogP contribution in [0.4, 0.5) is 16.2 Å². The molecule has 1 fully saturated rings. The average molecular weight is 374 g/mol. The van der Waals surface area contributed by atoms with E-state index in [1.54, 1.807) is 11.0 Å². The molecular formula is C18H22N4O3S. The van der Waals surface area contributed by atoms with E-state index in [0.717, 1.165) is 19.3 Å². The number of pyridine rings is 1. The third-order valence-corrected chi connectivity index (χ3v) is 5.39. The second-order valence-electron chi connectivity index (χ2n) is 6.35. The highest BCUT2D eigenvalue weighted by molar-refractivity contribution is 7.90. The van der Waals surface area contributed by atoms with Crippen LogP contribution in [0.15, 0.2) is 47.6 Å². The SMILES string of the molecule is Cc1ccccc1N1CCN(C(=O)Nc2ccc(S(C)(=O)=O)nc2)CC1. The fourth-order valence-corrected chi connectivity index (χ4v) is 3.50. The largest absolute Gasteiger partial charge is 0.368 e. The second-order valence-corrected chi connectivity index (χ2v) is 8.31. The number of urea groups is 1. The van der Waals surface area contributed by atoms with E-state index >= 15 is 0 Å². The summed E-state index contributed by atoms with van der Waals surface area (Å²) in [4.78, 5) is 20.3. The number of para-hydroxylation sites is 1. The van der Waals surface area contributed by atoms with Gasteiger partial charge < -0.3 is 15.1 Å². The number of hydrogen-bond donors (Lipinski definition) is 1. The minimum Gasteiger partial charge on any atom is -0.368 e. The first-order valence-electron chi connectivity index (χ1n) is 8.37. The van der Waals surface area contributed by atoms with Crippen LogP contribution in [0, 0.1) is 6.92 Å². The van der Waals surface area contributed by atoms with Crippen molar-refractivity contribution in [2.45, 2.75) is 11.9 Å². The Hall–Kier alpha value is -2.61. The number of sulfone groups is 1. The molecule has 7 nitrogen and oxygen atoms in total. The molecule has 2 amide bonds. The summed E-state index contributed by atoms with van der Waals surface area (Å²) in [6.45, 7) is 4.86. The first kappa shape index (κ1) is 18.2. The van der Waals surface area contributed by atoms with Crippen LogP contribution in [0.2, 0.25) is 0 Å². The third kappa shape index (κ3) is 4.13. The minimum atomic E-state index is -3.34. The quantitative estimate of drug-likeness (QED) is 0.890. The Kier molecular flexibility index (Phi) is 5.13. The normalized spacial score (nSPS) is 15.0. The molecule has 138 valence electrons. The van der Waals surface area contributed by atoms with Gasteiger partial charge in [-0.15, -0.1) is 0 Å². The molecule has 1 aliphatic heterocycles. The van der Waals surface area contributed by atoms with Crippen LogP contribution in [0.1, 0.15) is 5.56 Å². The summed E-state index contributed by atoms with van der Waals surface area (Å²) in [6, 6.07) is 11.0. The zero-order chi connectivity index (χ0) is 18.7. The van der Waals surface area contributed by atoms with Crippen molar-refractivity contribution in [2.24, 2.45) is 0 Å². The van der Waals surface area contributed by atoms with E-state index in [4.69, 9.17) is 0 Å². The van der Waals surface area contributed by atoms with E-state index < -0.39 is 9.84 Å². The molecule has 0 radical (unpaired) electrons. The molecule has 3 rings (SSSR count). The van der Waals surface area contributed by atoms with Gasteiger partial charge in [-0.25, -0.2) is 18.2 Å². The first-order chi connectivity index (χ1) is 12.3. The highest BCUT2D eigenvalue weighted by atomic mass is 32.2. The number of carbonyl (C=O) groups is 1. The van der Waals surface area contributed by atoms with Crippen molar-refractivity contribution in [3.8, 4) is 0 Å². The van der Waals surface area contributed by atoms with Crippen molar-refractivity contribution in [3.63, 3.8) is 0 Å². The number of aromatic nitrogens is 1.